The maximum Gasteiger partial charge on any atom is 0.231 e. The second-order valence-corrected chi connectivity index (χ2v) is 4.52. The molecular formula is C15H14N2O. The number of carbonyl (C=O) groups excluding carboxylic acids is 1. The van der Waals surface area contributed by atoms with Crippen molar-refractivity contribution >= 4 is 11.6 Å². The van der Waals surface area contributed by atoms with Gasteiger partial charge in [-0.1, -0.05) is 24.3 Å². The van der Waals surface area contributed by atoms with Crippen LogP contribution >= 0.6 is 0 Å². The summed E-state index contributed by atoms with van der Waals surface area (Å²) in [6.07, 6.45) is 5.25. The number of hydrogen-bond acceptors (Lipinski definition) is 2. The summed E-state index contributed by atoms with van der Waals surface area (Å²) in [6.45, 7) is 0. The molecule has 90 valence electrons. The Balaban J connectivity index is 1.92. The largest absolute Gasteiger partial charge is 0.325 e. The number of pyridine rings is 1. The Kier molecular flexibility index (Phi) is 2.81. The van der Waals surface area contributed by atoms with Crippen LogP contribution in [0.2, 0.25) is 0 Å². The number of rotatable bonds is 1. The SMILES string of the molecule is O=C1Nc2ccccc2CCC1c1cccnc1. The fourth-order valence-electron chi connectivity index (χ4n) is 2.41. The van der Waals surface area contributed by atoms with Crippen molar-refractivity contribution in [3.8, 4) is 0 Å². The van der Waals surface area contributed by atoms with E-state index in [1.807, 2.05) is 30.3 Å². The van der Waals surface area contributed by atoms with Crippen molar-refractivity contribution in [3.05, 3.63) is 59.9 Å². The number of nitrogens with one attached hydrogen (secondary N) is 1. The van der Waals surface area contributed by atoms with Gasteiger partial charge in [0, 0.05) is 18.1 Å². The van der Waals surface area contributed by atoms with Gasteiger partial charge < -0.3 is 5.32 Å². The third-order valence-electron chi connectivity index (χ3n) is 3.38. The lowest BCUT2D eigenvalue weighted by atomic mass is 9.94. The highest BCUT2D eigenvalue weighted by Gasteiger charge is 2.24. The molecule has 3 rings (SSSR count). The number of para-hydroxylation sites is 1. The van der Waals surface area contributed by atoms with Gasteiger partial charge >= 0.3 is 0 Å². The van der Waals surface area contributed by atoms with Gasteiger partial charge in [-0.05, 0) is 36.1 Å². The highest BCUT2D eigenvalue weighted by Crippen LogP contribution is 2.29. The molecular weight excluding hydrogens is 224 g/mol. The third-order valence-corrected chi connectivity index (χ3v) is 3.38. The first-order valence-electron chi connectivity index (χ1n) is 6.13. The van der Waals surface area contributed by atoms with E-state index in [9.17, 15) is 4.79 Å². The first-order valence-corrected chi connectivity index (χ1v) is 6.13. The van der Waals surface area contributed by atoms with Gasteiger partial charge in [0.2, 0.25) is 5.91 Å². The van der Waals surface area contributed by atoms with E-state index < -0.39 is 0 Å². The molecule has 3 heteroatoms. The molecule has 1 aromatic carbocycles. The molecule has 1 amide bonds. The molecule has 1 aromatic heterocycles. The first kappa shape index (κ1) is 11.0. The fourth-order valence-corrected chi connectivity index (χ4v) is 2.41. The lowest BCUT2D eigenvalue weighted by Gasteiger charge is -2.12. The number of aryl methyl sites for hydroxylation is 1. The summed E-state index contributed by atoms with van der Waals surface area (Å²) in [5.74, 6) is -0.0425. The zero-order valence-corrected chi connectivity index (χ0v) is 9.97. The quantitative estimate of drug-likeness (QED) is 0.830. The lowest BCUT2D eigenvalue weighted by molar-refractivity contribution is -0.117. The minimum atomic E-state index is -0.105. The van der Waals surface area contributed by atoms with Crippen molar-refractivity contribution in [2.45, 2.75) is 18.8 Å². The molecule has 1 unspecified atom stereocenters. The van der Waals surface area contributed by atoms with Gasteiger partial charge in [-0.2, -0.15) is 0 Å². The van der Waals surface area contributed by atoms with Crippen LogP contribution in [-0.2, 0) is 11.2 Å². The van der Waals surface area contributed by atoms with Crippen LogP contribution in [0, 0.1) is 0 Å². The van der Waals surface area contributed by atoms with E-state index >= 15 is 0 Å². The fraction of sp³-hybridized carbons (Fsp3) is 0.200. The summed E-state index contributed by atoms with van der Waals surface area (Å²) in [4.78, 5) is 16.3. The van der Waals surface area contributed by atoms with Crippen molar-refractivity contribution in [3.63, 3.8) is 0 Å². The third kappa shape index (κ3) is 1.99. The Morgan fingerprint density at radius 2 is 2.06 bits per heavy atom. The lowest BCUT2D eigenvalue weighted by Crippen LogP contribution is -2.19. The molecule has 1 N–H and O–H groups in total. The molecule has 0 fully saturated rings. The Morgan fingerprint density at radius 1 is 1.17 bits per heavy atom. The van der Waals surface area contributed by atoms with Gasteiger partial charge in [-0.25, -0.2) is 0 Å². The number of carbonyl (C=O) groups is 1. The zero-order chi connectivity index (χ0) is 12.4. The summed E-state index contributed by atoms with van der Waals surface area (Å²) in [5, 5.41) is 3.00. The smallest absolute Gasteiger partial charge is 0.231 e. The van der Waals surface area contributed by atoms with Crippen LogP contribution in [0.5, 0.6) is 0 Å². The Labute approximate surface area is 106 Å². The molecule has 0 bridgehead atoms. The molecule has 0 aliphatic carbocycles. The molecule has 2 heterocycles. The average molecular weight is 238 g/mol. The minimum absolute atomic E-state index is 0.0629. The summed E-state index contributed by atoms with van der Waals surface area (Å²) >= 11 is 0. The molecule has 1 aliphatic heterocycles. The van der Waals surface area contributed by atoms with Crippen LogP contribution in [0.3, 0.4) is 0 Å². The van der Waals surface area contributed by atoms with Gasteiger partial charge in [-0.15, -0.1) is 0 Å². The first-order chi connectivity index (χ1) is 8.84. The number of nitrogens with zero attached hydrogens (tertiary/aromatic N) is 1. The van der Waals surface area contributed by atoms with Crippen LogP contribution in [0.1, 0.15) is 23.5 Å². The van der Waals surface area contributed by atoms with Gasteiger partial charge in [0.15, 0.2) is 0 Å². The van der Waals surface area contributed by atoms with E-state index in [1.54, 1.807) is 12.4 Å². The van der Waals surface area contributed by atoms with E-state index in [0.717, 1.165) is 24.1 Å². The number of anilines is 1. The summed E-state index contributed by atoms with van der Waals surface area (Å²) < 4.78 is 0. The number of aromatic nitrogens is 1. The molecule has 3 nitrogen and oxygen atoms in total. The monoisotopic (exact) mass is 238 g/mol. The van der Waals surface area contributed by atoms with Crippen LogP contribution in [0.15, 0.2) is 48.8 Å². The molecule has 1 atom stereocenters. The molecule has 0 saturated carbocycles. The Hall–Kier alpha value is -2.16. The van der Waals surface area contributed by atoms with Gasteiger partial charge in [0.05, 0.1) is 5.92 Å². The molecule has 0 radical (unpaired) electrons. The predicted molar refractivity (Wildman–Crippen MR) is 70.4 cm³/mol. The highest BCUT2D eigenvalue weighted by atomic mass is 16.1. The number of benzene rings is 1. The van der Waals surface area contributed by atoms with Crippen LogP contribution in [-0.4, -0.2) is 10.9 Å². The summed E-state index contributed by atoms with van der Waals surface area (Å²) in [5.41, 5.74) is 3.13. The van der Waals surface area contributed by atoms with E-state index in [4.69, 9.17) is 0 Å². The predicted octanol–water partition coefficient (Wildman–Crippen LogP) is 2.75. The Bertz CT molecular complexity index is 566. The van der Waals surface area contributed by atoms with E-state index in [-0.39, 0.29) is 11.8 Å². The van der Waals surface area contributed by atoms with E-state index in [0.29, 0.717) is 0 Å². The minimum Gasteiger partial charge on any atom is -0.325 e. The highest BCUT2D eigenvalue weighted by molar-refractivity contribution is 5.97. The topological polar surface area (TPSA) is 42.0 Å². The van der Waals surface area contributed by atoms with Crippen molar-refractivity contribution < 1.29 is 4.79 Å². The molecule has 2 aromatic rings. The van der Waals surface area contributed by atoms with Gasteiger partial charge in [0.25, 0.3) is 0 Å². The van der Waals surface area contributed by atoms with Crippen molar-refractivity contribution in [2.24, 2.45) is 0 Å². The standard InChI is InChI=1S/C15H14N2O/c18-15-13(12-5-3-9-16-10-12)8-7-11-4-1-2-6-14(11)17-15/h1-6,9-10,13H,7-8H2,(H,17,18). The van der Waals surface area contributed by atoms with Crippen molar-refractivity contribution in [2.75, 3.05) is 5.32 Å². The van der Waals surface area contributed by atoms with E-state index in [1.165, 1.54) is 5.56 Å². The molecule has 18 heavy (non-hydrogen) atoms. The van der Waals surface area contributed by atoms with Gasteiger partial charge in [0.1, 0.15) is 0 Å². The number of hydrogen-bond donors (Lipinski definition) is 1. The van der Waals surface area contributed by atoms with Crippen molar-refractivity contribution in [1.82, 2.24) is 4.98 Å². The average Bonchev–Trinajstić information content (AvgIpc) is 2.58. The number of amides is 1. The van der Waals surface area contributed by atoms with Gasteiger partial charge in [-0.3, -0.25) is 9.78 Å². The van der Waals surface area contributed by atoms with Crippen LogP contribution in [0.25, 0.3) is 0 Å². The van der Waals surface area contributed by atoms with Crippen LogP contribution in [0.4, 0.5) is 5.69 Å². The second-order valence-electron chi connectivity index (χ2n) is 4.52. The zero-order valence-electron chi connectivity index (χ0n) is 9.97. The molecule has 0 spiro atoms. The van der Waals surface area contributed by atoms with Crippen molar-refractivity contribution in [1.29, 1.82) is 0 Å². The normalized spacial score (nSPS) is 18.7. The Morgan fingerprint density at radius 3 is 2.89 bits per heavy atom. The summed E-state index contributed by atoms with van der Waals surface area (Å²) in [6, 6.07) is 11.8. The molecule has 0 saturated heterocycles. The maximum absolute atomic E-state index is 12.2. The van der Waals surface area contributed by atoms with Crippen LogP contribution < -0.4 is 5.32 Å². The maximum atomic E-state index is 12.2. The number of fused-ring (bicyclic) bond motifs is 1. The second kappa shape index (κ2) is 4.61. The summed E-state index contributed by atoms with van der Waals surface area (Å²) in [7, 11) is 0. The molecule has 1 aliphatic rings. The van der Waals surface area contributed by atoms with E-state index in [2.05, 4.69) is 16.4 Å².